The highest BCUT2D eigenvalue weighted by atomic mass is 19.1. The van der Waals surface area contributed by atoms with Gasteiger partial charge in [0.25, 0.3) is 0 Å². The van der Waals surface area contributed by atoms with E-state index >= 15 is 0 Å². The van der Waals surface area contributed by atoms with Crippen LogP contribution in [0.15, 0.2) is 6.33 Å². The standard InChI is InChI=1S/C27H34FN5O9/c1-6-27(10-9-18(42-27)33-14-30-21-22(29)31-26(28)32-23(21)33)13-40-19(34)7-8-20(35)41-17(11-38-24(36)15(2)3)12-39-25(37)16(4)5/h1,14-18H,7-13H2,2-5H3,(H2,29,31,32)/t18-,27+/m1/s1. The average molecular weight is 592 g/mol. The third kappa shape index (κ3) is 8.35. The summed E-state index contributed by atoms with van der Waals surface area (Å²) in [6, 6.07) is 0. The number of nitrogens with zero attached hydrogens (tertiary/aromatic N) is 4. The summed E-state index contributed by atoms with van der Waals surface area (Å²) in [7, 11) is 0. The molecular weight excluding hydrogens is 557 g/mol. The van der Waals surface area contributed by atoms with Crippen molar-refractivity contribution in [3.63, 3.8) is 0 Å². The first-order valence-corrected chi connectivity index (χ1v) is 13.3. The monoisotopic (exact) mass is 591 g/mol. The van der Waals surface area contributed by atoms with Crippen molar-refractivity contribution in [1.29, 1.82) is 0 Å². The van der Waals surface area contributed by atoms with Crippen molar-refractivity contribution < 1.29 is 47.3 Å². The van der Waals surface area contributed by atoms with Crippen LogP contribution in [-0.4, -0.2) is 74.9 Å². The lowest BCUT2D eigenvalue weighted by Gasteiger charge is -2.23. The van der Waals surface area contributed by atoms with Crippen molar-refractivity contribution in [3.8, 4) is 12.3 Å². The molecule has 2 aromatic heterocycles. The van der Waals surface area contributed by atoms with Gasteiger partial charge in [-0.3, -0.25) is 23.7 Å². The van der Waals surface area contributed by atoms with Crippen molar-refractivity contribution >= 4 is 40.9 Å². The topological polar surface area (TPSA) is 184 Å². The van der Waals surface area contributed by atoms with Gasteiger partial charge in [0.15, 0.2) is 28.7 Å². The third-order valence-electron chi connectivity index (χ3n) is 6.21. The smallest absolute Gasteiger partial charge is 0.312 e. The zero-order chi connectivity index (χ0) is 31.0. The van der Waals surface area contributed by atoms with E-state index in [0.29, 0.717) is 12.8 Å². The molecule has 1 fully saturated rings. The van der Waals surface area contributed by atoms with Gasteiger partial charge < -0.3 is 29.4 Å². The van der Waals surface area contributed by atoms with Gasteiger partial charge in [-0.2, -0.15) is 14.4 Å². The second-order valence-electron chi connectivity index (χ2n) is 10.3. The summed E-state index contributed by atoms with van der Waals surface area (Å²) in [5.74, 6) is -0.983. The molecule has 42 heavy (non-hydrogen) atoms. The first-order chi connectivity index (χ1) is 19.8. The number of rotatable bonds is 13. The molecule has 0 amide bonds. The van der Waals surface area contributed by atoms with Gasteiger partial charge in [0.05, 0.1) is 31.0 Å². The molecule has 2 atom stereocenters. The molecule has 0 bridgehead atoms. The fourth-order valence-corrected chi connectivity index (χ4v) is 3.82. The maximum absolute atomic E-state index is 13.7. The zero-order valence-corrected chi connectivity index (χ0v) is 23.8. The van der Waals surface area contributed by atoms with Crippen LogP contribution in [0.25, 0.3) is 11.2 Å². The number of terminal acetylenes is 1. The van der Waals surface area contributed by atoms with Crippen molar-refractivity contribution in [2.45, 2.75) is 71.3 Å². The first kappa shape index (κ1) is 32.2. The van der Waals surface area contributed by atoms with E-state index in [-0.39, 0.29) is 49.6 Å². The number of nitrogens with two attached hydrogens (primary N) is 1. The van der Waals surface area contributed by atoms with Crippen LogP contribution in [0.2, 0.25) is 0 Å². The van der Waals surface area contributed by atoms with Crippen molar-refractivity contribution in [2.75, 3.05) is 25.6 Å². The van der Waals surface area contributed by atoms with Gasteiger partial charge >= 0.3 is 30.0 Å². The summed E-state index contributed by atoms with van der Waals surface area (Å²) < 4.78 is 42.0. The molecule has 15 heteroatoms. The summed E-state index contributed by atoms with van der Waals surface area (Å²) >= 11 is 0. The fraction of sp³-hybridized carbons (Fsp3) is 0.593. The van der Waals surface area contributed by atoms with Crippen LogP contribution in [0.3, 0.4) is 0 Å². The number of imidazole rings is 1. The van der Waals surface area contributed by atoms with Gasteiger partial charge in [0.2, 0.25) is 0 Å². The highest BCUT2D eigenvalue weighted by Gasteiger charge is 2.41. The third-order valence-corrected chi connectivity index (χ3v) is 6.21. The molecule has 0 radical (unpaired) electrons. The Morgan fingerprint density at radius 1 is 1.10 bits per heavy atom. The largest absolute Gasteiger partial charge is 0.461 e. The number of anilines is 1. The molecule has 1 aliphatic rings. The molecule has 2 N–H and O–H groups in total. The number of hydrogen-bond donors (Lipinski definition) is 1. The van der Waals surface area contributed by atoms with Crippen LogP contribution < -0.4 is 5.73 Å². The number of nitrogen functional groups attached to an aromatic ring is 1. The number of aromatic nitrogens is 4. The van der Waals surface area contributed by atoms with Gasteiger partial charge in [-0.15, -0.1) is 6.42 Å². The predicted molar refractivity (Wildman–Crippen MR) is 142 cm³/mol. The highest BCUT2D eigenvalue weighted by molar-refractivity contribution is 5.81. The maximum Gasteiger partial charge on any atom is 0.312 e. The molecule has 1 aliphatic heterocycles. The highest BCUT2D eigenvalue weighted by Crippen LogP contribution is 2.38. The Balaban J connectivity index is 1.51. The van der Waals surface area contributed by atoms with E-state index in [1.165, 1.54) is 10.9 Å². The maximum atomic E-state index is 13.7. The lowest BCUT2D eigenvalue weighted by Crippen LogP contribution is -2.34. The Kier molecular flexibility index (Phi) is 10.8. The molecule has 3 heterocycles. The van der Waals surface area contributed by atoms with E-state index in [0.717, 1.165) is 0 Å². The van der Waals surface area contributed by atoms with E-state index in [2.05, 4.69) is 20.9 Å². The second-order valence-corrected chi connectivity index (χ2v) is 10.3. The van der Waals surface area contributed by atoms with Crippen molar-refractivity contribution in [1.82, 2.24) is 19.5 Å². The van der Waals surface area contributed by atoms with E-state index in [1.54, 1.807) is 27.7 Å². The molecule has 1 saturated heterocycles. The van der Waals surface area contributed by atoms with Crippen LogP contribution in [-0.2, 0) is 42.9 Å². The minimum atomic E-state index is -1.28. The Hall–Kier alpha value is -4.32. The SMILES string of the molecule is C#C[C@@]1(COC(=O)CCC(=O)OC(COC(=O)C(C)C)COC(=O)C(C)C)CC[C@H](n2cnc3c(N)nc(F)nc32)O1. The van der Waals surface area contributed by atoms with Crippen LogP contribution in [0.4, 0.5) is 10.2 Å². The van der Waals surface area contributed by atoms with E-state index in [4.69, 9.17) is 35.8 Å². The van der Waals surface area contributed by atoms with Gasteiger partial charge in [-0.05, 0) is 12.8 Å². The van der Waals surface area contributed by atoms with Gasteiger partial charge in [0.1, 0.15) is 26.0 Å². The average Bonchev–Trinajstić information content (AvgIpc) is 3.56. The van der Waals surface area contributed by atoms with Gasteiger partial charge in [0, 0.05) is 0 Å². The number of esters is 4. The minimum Gasteiger partial charge on any atom is -0.461 e. The summed E-state index contributed by atoms with van der Waals surface area (Å²) in [6.45, 7) is 5.62. The van der Waals surface area contributed by atoms with Gasteiger partial charge in [-0.1, -0.05) is 33.6 Å². The number of halogens is 1. The van der Waals surface area contributed by atoms with Crippen molar-refractivity contribution in [2.24, 2.45) is 11.8 Å². The molecule has 0 unspecified atom stereocenters. The summed E-state index contributed by atoms with van der Waals surface area (Å²) in [4.78, 5) is 59.7. The summed E-state index contributed by atoms with van der Waals surface area (Å²) in [5.41, 5.74) is 4.77. The normalized spacial score (nSPS) is 18.3. The van der Waals surface area contributed by atoms with Crippen LogP contribution in [0.5, 0.6) is 0 Å². The van der Waals surface area contributed by atoms with Crippen molar-refractivity contribution in [3.05, 3.63) is 12.4 Å². The van der Waals surface area contributed by atoms with Gasteiger partial charge in [-0.25, -0.2) is 4.98 Å². The van der Waals surface area contributed by atoms with E-state index in [9.17, 15) is 23.6 Å². The van der Waals surface area contributed by atoms with Crippen LogP contribution in [0.1, 0.15) is 59.6 Å². The fourth-order valence-electron chi connectivity index (χ4n) is 3.82. The number of carbonyl (C=O) groups excluding carboxylic acids is 4. The second kappa shape index (κ2) is 14.0. The molecule has 228 valence electrons. The Morgan fingerprint density at radius 3 is 2.31 bits per heavy atom. The molecule has 0 saturated carbocycles. The number of ether oxygens (including phenoxy) is 5. The Labute approximate surface area is 241 Å². The molecule has 14 nitrogen and oxygen atoms in total. The number of fused-ring (bicyclic) bond motifs is 1. The van der Waals surface area contributed by atoms with Crippen LogP contribution >= 0.6 is 0 Å². The molecule has 0 aromatic carbocycles. The minimum absolute atomic E-state index is 0.121. The summed E-state index contributed by atoms with van der Waals surface area (Å²) in [6.07, 6.45) is 4.32. The molecule has 0 aliphatic carbocycles. The first-order valence-electron chi connectivity index (χ1n) is 13.3. The quantitative estimate of drug-likeness (QED) is 0.154. The number of carbonyl (C=O) groups is 4. The molecule has 0 spiro atoms. The Bertz CT molecular complexity index is 1330. The lowest BCUT2D eigenvalue weighted by atomic mass is 10.0. The summed E-state index contributed by atoms with van der Waals surface area (Å²) in [5, 5.41) is 0. The zero-order valence-electron chi connectivity index (χ0n) is 23.8. The molecular formula is C27H34FN5O9. The van der Waals surface area contributed by atoms with E-state index < -0.39 is 59.7 Å². The Morgan fingerprint density at radius 2 is 1.71 bits per heavy atom. The lowest BCUT2D eigenvalue weighted by molar-refractivity contribution is -0.169. The molecule has 3 rings (SSSR count). The predicted octanol–water partition coefficient (Wildman–Crippen LogP) is 1.86. The molecule has 2 aromatic rings. The number of hydrogen-bond acceptors (Lipinski definition) is 13. The van der Waals surface area contributed by atoms with Crippen LogP contribution in [0, 0.1) is 30.3 Å². The van der Waals surface area contributed by atoms with E-state index in [1.807, 2.05) is 0 Å².